The van der Waals surface area contributed by atoms with Gasteiger partial charge in [-0.05, 0) is 143 Å². The molecule has 7 aromatic rings. The van der Waals surface area contributed by atoms with Crippen molar-refractivity contribution >= 4 is 16.8 Å². The first-order chi connectivity index (χ1) is 30.3. The van der Waals surface area contributed by atoms with Gasteiger partial charge in [-0.15, -0.1) is 0 Å². The van der Waals surface area contributed by atoms with E-state index in [0.29, 0.717) is 85.7 Å². The van der Waals surface area contributed by atoms with Crippen LogP contribution in [0.4, 0.5) is 4.39 Å². The number of nitrogens with one attached hydrogen (secondary N) is 1. The number of nitrogens with zero attached hydrogens (tertiary/aromatic N) is 7. The molecule has 7 heterocycles. The number of halogens is 1. The van der Waals surface area contributed by atoms with Crippen molar-refractivity contribution in [3.05, 3.63) is 144 Å². The van der Waals surface area contributed by atoms with Crippen LogP contribution in [-0.2, 0) is 33.5 Å². The zero-order valence-corrected chi connectivity index (χ0v) is 36.0. The maximum Gasteiger partial charge on any atom is 0.438 e. The number of aromatic nitrogens is 7. The molecule has 1 aliphatic carbocycles. The quantitative estimate of drug-likeness (QED) is 0.177. The van der Waals surface area contributed by atoms with Crippen LogP contribution in [0.2, 0.25) is 0 Å². The zero-order chi connectivity index (χ0) is 43.5. The van der Waals surface area contributed by atoms with Crippen LogP contribution in [0.15, 0.2) is 81.1 Å². The summed E-state index contributed by atoms with van der Waals surface area (Å²) in [6, 6.07) is 17.3. The fraction of sp³-hybridized carbons (Fsp3) is 0.396. The van der Waals surface area contributed by atoms with Gasteiger partial charge in [0.1, 0.15) is 22.9 Å². The topological polar surface area (TPSA) is 147 Å². The molecule has 1 saturated carbocycles. The molecule has 15 heteroatoms. The van der Waals surface area contributed by atoms with Crippen LogP contribution < -0.4 is 11.4 Å². The number of hydrogen-bond acceptors (Lipinski definition) is 8. The molecule has 14 nitrogen and oxygen atoms in total. The molecule has 2 fully saturated rings. The van der Waals surface area contributed by atoms with Gasteiger partial charge < -0.3 is 18.9 Å². The average Bonchev–Trinajstić information content (AvgIpc) is 3.56. The summed E-state index contributed by atoms with van der Waals surface area (Å²) < 4.78 is 38.8. The van der Waals surface area contributed by atoms with Crippen molar-refractivity contribution in [2.24, 2.45) is 0 Å². The van der Waals surface area contributed by atoms with Gasteiger partial charge in [0.05, 0.1) is 35.3 Å². The minimum atomic E-state index is -0.771. The van der Waals surface area contributed by atoms with E-state index in [0.717, 1.165) is 58.2 Å². The Hall–Kier alpha value is -6.32. The summed E-state index contributed by atoms with van der Waals surface area (Å²) in [5, 5.41) is 10.2. The molecule has 0 radical (unpaired) electrons. The van der Waals surface area contributed by atoms with E-state index < -0.39 is 22.9 Å². The third-order valence-corrected chi connectivity index (χ3v) is 14.0. The van der Waals surface area contributed by atoms with E-state index in [9.17, 15) is 9.59 Å². The summed E-state index contributed by atoms with van der Waals surface area (Å²) in [5.74, 6) is 0.0676. The minimum Gasteiger partial charge on any atom is -0.381 e. The monoisotopic (exact) mass is 852 g/mol. The molecule has 3 aromatic carbocycles. The van der Waals surface area contributed by atoms with Crippen LogP contribution in [0.25, 0.3) is 28.1 Å². The molecule has 11 rings (SSSR count). The Morgan fingerprint density at radius 1 is 0.905 bits per heavy atom. The highest BCUT2D eigenvalue weighted by atomic mass is 19.1. The third-order valence-electron chi connectivity index (χ3n) is 14.0. The van der Waals surface area contributed by atoms with E-state index in [1.807, 2.05) is 34.6 Å². The zero-order valence-electron chi connectivity index (χ0n) is 36.0. The van der Waals surface area contributed by atoms with Crippen LogP contribution in [0.1, 0.15) is 114 Å². The lowest BCUT2D eigenvalue weighted by Gasteiger charge is -2.34. The number of fused-ring (bicyclic) bond motifs is 3. The molecule has 4 aliphatic rings. The van der Waals surface area contributed by atoms with E-state index in [2.05, 4.69) is 48.3 Å². The number of imidazole rings is 1. The fourth-order valence-corrected chi connectivity index (χ4v) is 10.5. The fourth-order valence-electron chi connectivity index (χ4n) is 10.5. The van der Waals surface area contributed by atoms with Gasteiger partial charge in [-0.25, -0.2) is 18.7 Å². The summed E-state index contributed by atoms with van der Waals surface area (Å²) in [6.45, 7) is 11.9. The Kier molecular flexibility index (Phi) is 9.01. The molecule has 3 aliphatic heterocycles. The van der Waals surface area contributed by atoms with Crippen molar-refractivity contribution in [2.75, 3.05) is 26.4 Å². The highest BCUT2D eigenvalue weighted by Crippen LogP contribution is 2.51. The van der Waals surface area contributed by atoms with Gasteiger partial charge in [0.15, 0.2) is 5.82 Å². The lowest BCUT2D eigenvalue weighted by atomic mass is 9.89. The highest BCUT2D eigenvalue weighted by Gasteiger charge is 2.52. The lowest BCUT2D eigenvalue weighted by Crippen LogP contribution is -2.41. The van der Waals surface area contributed by atoms with Crippen molar-refractivity contribution in [3.8, 4) is 17.2 Å². The smallest absolute Gasteiger partial charge is 0.381 e. The van der Waals surface area contributed by atoms with E-state index in [1.54, 1.807) is 52.2 Å². The van der Waals surface area contributed by atoms with Gasteiger partial charge in [-0.3, -0.25) is 23.4 Å². The molecule has 63 heavy (non-hydrogen) atoms. The number of carbonyl (C=O) groups excluding carboxylic acids is 1. The Labute approximate surface area is 361 Å². The van der Waals surface area contributed by atoms with Gasteiger partial charge in [-0.2, -0.15) is 5.10 Å². The van der Waals surface area contributed by atoms with Crippen molar-refractivity contribution in [2.45, 2.75) is 96.2 Å². The summed E-state index contributed by atoms with van der Waals surface area (Å²) in [6.07, 6.45) is 7.81. The third kappa shape index (κ3) is 6.21. The number of amides is 1. The minimum absolute atomic E-state index is 0.202. The number of benzene rings is 3. The summed E-state index contributed by atoms with van der Waals surface area (Å²) in [4.78, 5) is 47.1. The first-order valence-corrected chi connectivity index (χ1v) is 21.9. The molecule has 0 spiro atoms. The Morgan fingerprint density at radius 3 is 2.40 bits per heavy atom. The van der Waals surface area contributed by atoms with Crippen molar-refractivity contribution in [1.29, 1.82) is 0 Å². The largest absolute Gasteiger partial charge is 0.438 e. The van der Waals surface area contributed by atoms with Crippen LogP contribution >= 0.6 is 0 Å². The first kappa shape index (κ1) is 39.5. The molecule has 4 aromatic heterocycles. The number of carbonyl (C=O) groups is 1. The second kappa shape index (κ2) is 14.4. The van der Waals surface area contributed by atoms with E-state index in [4.69, 9.17) is 19.1 Å². The molecule has 0 bridgehead atoms. The Balaban J connectivity index is 1.04. The van der Waals surface area contributed by atoms with Crippen LogP contribution in [0.3, 0.4) is 0 Å². The summed E-state index contributed by atoms with van der Waals surface area (Å²) in [5.41, 5.74) is 6.95. The maximum absolute atomic E-state index is 15.4. The van der Waals surface area contributed by atoms with Crippen molar-refractivity contribution in [1.82, 2.24) is 38.5 Å². The molecular weight excluding hydrogens is 804 g/mol. The molecule has 1 N–H and O–H groups in total. The molecule has 0 unspecified atom stereocenters. The Morgan fingerprint density at radius 2 is 1.67 bits per heavy atom. The molecular formula is C48H49FN8O6. The standard InChI is InChI=1S/C48H49FN8O6/c1-27-22-35(23-28(2)41(27)49)57-42(55-18-17-54(46(55)60)34-7-8-36-32(25-34)13-21-62-47(36,4)5)40-29(3)53(16-10-37(40)51-57)43(58)39-26-33-24-31(30-11-19-61-20-12-30)6-9-38(33)56(39)48(14-15-48)44-50-45(59)63-52-44/h6-9,17-18,22-26,29-30H,10-16,19-21H2,1-5H3,(H,50,52,59)/t29-/m0/s1. The Bertz CT molecular complexity index is 3090. The lowest BCUT2D eigenvalue weighted by molar-refractivity contribution is -0.0314. The number of aromatic amines is 1. The SMILES string of the molecule is Cc1cc(-n2nc3c(c2-n2ccn(-c4ccc5c(c4)CCOC5(C)C)c2=O)[C@H](C)N(C(=O)c2cc4cc(C5CCOCC5)ccc4n2C2(c4noc(=O)[nH]4)CC2)CC3)cc(C)c1F. The van der Waals surface area contributed by atoms with Crippen molar-refractivity contribution < 1.29 is 23.2 Å². The van der Waals surface area contributed by atoms with Gasteiger partial charge in [0.25, 0.3) is 5.91 Å². The molecule has 324 valence electrons. The molecule has 1 saturated heterocycles. The number of H-pyrrole nitrogens is 1. The van der Waals surface area contributed by atoms with Crippen LogP contribution in [0.5, 0.6) is 0 Å². The second-order valence-electron chi connectivity index (χ2n) is 18.2. The number of rotatable bonds is 7. The molecule has 1 atom stereocenters. The normalized spacial score (nSPS) is 19.3. The van der Waals surface area contributed by atoms with E-state index in [-0.39, 0.29) is 17.4 Å². The van der Waals surface area contributed by atoms with E-state index >= 15 is 9.18 Å². The number of ether oxygens (including phenoxy) is 2. The van der Waals surface area contributed by atoms with Gasteiger partial charge >= 0.3 is 11.4 Å². The average molecular weight is 853 g/mol. The first-order valence-electron chi connectivity index (χ1n) is 21.9. The van der Waals surface area contributed by atoms with Gasteiger partial charge in [0.2, 0.25) is 0 Å². The summed E-state index contributed by atoms with van der Waals surface area (Å²) in [7, 11) is 0. The van der Waals surface area contributed by atoms with Gasteiger partial charge in [-0.1, -0.05) is 17.3 Å². The maximum atomic E-state index is 15.4. The second-order valence-corrected chi connectivity index (χ2v) is 18.2. The van der Waals surface area contributed by atoms with Crippen LogP contribution in [-0.4, -0.2) is 70.8 Å². The van der Waals surface area contributed by atoms with Gasteiger partial charge in [0, 0.05) is 55.0 Å². The number of hydrogen-bond donors (Lipinski definition) is 1. The predicted molar refractivity (Wildman–Crippen MR) is 232 cm³/mol. The predicted octanol–water partition coefficient (Wildman–Crippen LogP) is 7.20. The van der Waals surface area contributed by atoms with Crippen LogP contribution in [0, 0.1) is 19.7 Å². The number of aryl methyl sites for hydroxylation is 2. The summed E-state index contributed by atoms with van der Waals surface area (Å²) >= 11 is 0. The van der Waals surface area contributed by atoms with Crippen molar-refractivity contribution in [3.63, 3.8) is 0 Å². The highest BCUT2D eigenvalue weighted by molar-refractivity contribution is 6.00. The molecule has 1 amide bonds. The van der Waals surface area contributed by atoms with E-state index in [1.165, 1.54) is 5.56 Å².